The SMILES string of the molecule is Cn1nc2nc(NC3CCCC3)nc(-c3ccccc3F)c2c1N. The second-order valence-corrected chi connectivity index (χ2v) is 6.21. The molecule has 1 aliphatic carbocycles. The highest BCUT2D eigenvalue weighted by Crippen LogP contribution is 2.33. The van der Waals surface area contributed by atoms with Gasteiger partial charge in [-0.05, 0) is 25.0 Å². The number of benzene rings is 1. The van der Waals surface area contributed by atoms with Crippen LogP contribution >= 0.6 is 0 Å². The van der Waals surface area contributed by atoms with Crippen LogP contribution in [0.4, 0.5) is 16.2 Å². The van der Waals surface area contributed by atoms with E-state index in [1.54, 1.807) is 29.9 Å². The third kappa shape index (κ3) is 2.46. The van der Waals surface area contributed by atoms with Crippen LogP contribution in [-0.2, 0) is 7.05 Å². The molecule has 0 aliphatic heterocycles. The third-order valence-corrected chi connectivity index (χ3v) is 4.56. The first kappa shape index (κ1) is 14.9. The summed E-state index contributed by atoms with van der Waals surface area (Å²) in [6.45, 7) is 0. The molecule has 24 heavy (non-hydrogen) atoms. The number of nitrogens with one attached hydrogen (secondary N) is 1. The normalized spacial score (nSPS) is 15.2. The molecule has 0 atom stereocenters. The first-order valence-electron chi connectivity index (χ1n) is 8.15. The molecule has 0 unspecified atom stereocenters. The van der Waals surface area contributed by atoms with Crippen LogP contribution in [0, 0.1) is 5.82 Å². The average Bonchev–Trinajstić information content (AvgIpc) is 3.16. The molecular formula is C17H19FN6. The molecule has 0 saturated heterocycles. The van der Waals surface area contributed by atoms with Crippen molar-refractivity contribution in [1.29, 1.82) is 0 Å². The average molecular weight is 326 g/mol. The number of nitrogens with zero attached hydrogens (tertiary/aromatic N) is 4. The summed E-state index contributed by atoms with van der Waals surface area (Å²) in [5, 5.41) is 8.28. The predicted molar refractivity (Wildman–Crippen MR) is 92.0 cm³/mol. The molecule has 1 aliphatic rings. The van der Waals surface area contributed by atoms with E-state index in [0.29, 0.717) is 40.1 Å². The molecular weight excluding hydrogens is 307 g/mol. The van der Waals surface area contributed by atoms with Crippen molar-refractivity contribution in [2.75, 3.05) is 11.1 Å². The van der Waals surface area contributed by atoms with E-state index in [1.807, 2.05) is 0 Å². The minimum atomic E-state index is -0.340. The number of nitrogens with two attached hydrogens (primary N) is 1. The fraction of sp³-hybridized carbons (Fsp3) is 0.353. The number of nitrogen functional groups attached to an aromatic ring is 1. The summed E-state index contributed by atoms with van der Waals surface area (Å²) >= 11 is 0. The number of anilines is 2. The summed E-state index contributed by atoms with van der Waals surface area (Å²) in [7, 11) is 1.74. The second kappa shape index (κ2) is 5.74. The zero-order valence-electron chi connectivity index (χ0n) is 13.5. The summed E-state index contributed by atoms with van der Waals surface area (Å²) in [5.41, 5.74) is 7.47. The number of fused-ring (bicyclic) bond motifs is 1. The van der Waals surface area contributed by atoms with Gasteiger partial charge in [0.05, 0.1) is 11.1 Å². The van der Waals surface area contributed by atoms with Crippen LogP contribution in [0.1, 0.15) is 25.7 Å². The van der Waals surface area contributed by atoms with Crippen molar-refractivity contribution < 1.29 is 4.39 Å². The van der Waals surface area contributed by atoms with E-state index in [-0.39, 0.29) is 5.82 Å². The quantitative estimate of drug-likeness (QED) is 0.773. The third-order valence-electron chi connectivity index (χ3n) is 4.56. The summed E-state index contributed by atoms with van der Waals surface area (Å²) in [6, 6.07) is 6.91. The zero-order chi connectivity index (χ0) is 16.7. The molecule has 0 amide bonds. The van der Waals surface area contributed by atoms with Gasteiger partial charge in [0.25, 0.3) is 0 Å². The Morgan fingerprint density at radius 2 is 1.96 bits per heavy atom. The van der Waals surface area contributed by atoms with E-state index in [0.717, 1.165) is 12.8 Å². The van der Waals surface area contributed by atoms with Crippen molar-refractivity contribution >= 4 is 22.8 Å². The van der Waals surface area contributed by atoms with Crippen LogP contribution in [0.5, 0.6) is 0 Å². The Bertz CT molecular complexity index is 897. The highest BCUT2D eigenvalue weighted by molar-refractivity contribution is 5.98. The van der Waals surface area contributed by atoms with Gasteiger partial charge in [0.15, 0.2) is 5.65 Å². The van der Waals surface area contributed by atoms with Gasteiger partial charge >= 0.3 is 0 Å². The smallest absolute Gasteiger partial charge is 0.225 e. The summed E-state index contributed by atoms with van der Waals surface area (Å²) in [6.07, 6.45) is 4.61. The zero-order valence-corrected chi connectivity index (χ0v) is 13.5. The molecule has 4 rings (SSSR count). The number of rotatable bonds is 3. The first-order valence-corrected chi connectivity index (χ1v) is 8.15. The van der Waals surface area contributed by atoms with Crippen LogP contribution < -0.4 is 11.1 Å². The molecule has 2 heterocycles. The van der Waals surface area contributed by atoms with Gasteiger partial charge in [-0.3, -0.25) is 4.68 Å². The summed E-state index contributed by atoms with van der Waals surface area (Å²) in [5.74, 6) is 0.564. The maximum absolute atomic E-state index is 14.3. The maximum atomic E-state index is 14.3. The molecule has 1 aromatic carbocycles. The molecule has 0 radical (unpaired) electrons. The van der Waals surface area contributed by atoms with Gasteiger partial charge in [0.2, 0.25) is 5.95 Å². The number of aryl methyl sites for hydroxylation is 1. The van der Waals surface area contributed by atoms with E-state index in [4.69, 9.17) is 5.73 Å². The second-order valence-electron chi connectivity index (χ2n) is 6.21. The van der Waals surface area contributed by atoms with E-state index < -0.39 is 0 Å². The lowest BCUT2D eigenvalue weighted by atomic mass is 10.1. The van der Waals surface area contributed by atoms with Gasteiger partial charge in [-0.15, -0.1) is 0 Å². The molecule has 3 aromatic rings. The monoisotopic (exact) mass is 326 g/mol. The van der Waals surface area contributed by atoms with Gasteiger partial charge in [-0.25, -0.2) is 9.37 Å². The fourth-order valence-corrected chi connectivity index (χ4v) is 3.28. The standard InChI is InChI=1S/C17H19FN6/c1-24-15(19)13-14(11-8-4-5-9-12(11)18)21-17(22-16(13)23-24)20-10-6-2-3-7-10/h4-5,8-10H,2-3,6-7,19H2,1H3,(H,20,22,23). The number of hydrogen-bond acceptors (Lipinski definition) is 5. The molecule has 3 N–H and O–H groups in total. The van der Waals surface area contributed by atoms with Crippen molar-refractivity contribution in [2.24, 2.45) is 7.05 Å². The number of halogens is 1. The van der Waals surface area contributed by atoms with Crippen LogP contribution in [0.15, 0.2) is 24.3 Å². The van der Waals surface area contributed by atoms with Gasteiger partial charge in [-0.2, -0.15) is 10.1 Å². The Morgan fingerprint density at radius 1 is 1.21 bits per heavy atom. The van der Waals surface area contributed by atoms with Gasteiger partial charge in [0.1, 0.15) is 11.6 Å². The van der Waals surface area contributed by atoms with Crippen molar-refractivity contribution in [2.45, 2.75) is 31.7 Å². The highest BCUT2D eigenvalue weighted by atomic mass is 19.1. The topological polar surface area (TPSA) is 81.7 Å². The minimum Gasteiger partial charge on any atom is -0.383 e. The van der Waals surface area contributed by atoms with Crippen LogP contribution in [0.2, 0.25) is 0 Å². The molecule has 7 heteroatoms. The van der Waals surface area contributed by atoms with Crippen molar-refractivity contribution in [3.8, 4) is 11.3 Å². The number of hydrogen-bond donors (Lipinski definition) is 2. The summed E-state index contributed by atoms with van der Waals surface area (Å²) < 4.78 is 15.9. The molecule has 6 nitrogen and oxygen atoms in total. The molecule has 124 valence electrons. The number of aromatic nitrogens is 4. The fourth-order valence-electron chi connectivity index (χ4n) is 3.28. The minimum absolute atomic E-state index is 0.340. The molecule has 1 saturated carbocycles. The van der Waals surface area contributed by atoms with Gasteiger partial charge in [-0.1, -0.05) is 25.0 Å². The Hall–Kier alpha value is -2.70. The molecule has 0 bridgehead atoms. The Labute approximate surface area is 138 Å². The van der Waals surface area contributed by atoms with Crippen molar-refractivity contribution in [1.82, 2.24) is 19.7 Å². The largest absolute Gasteiger partial charge is 0.383 e. The predicted octanol–water partition coefficient (Wildman–Crippen LogP) is 3.11. The molecule has 2 aromatic heterocycles. The Balaban J connectivity index is 1.90. The van der Waals surface area contributed by atoms with E-state index in [2.05, 4.69) is 20.4 Å². The van der Waals surface area contributed by atoms with Crippen molar-refractivity contribution in [3.63, 3.8) is 0 Å². The Kier molecular flexibility index (Phi) is 3.55. The van der Waals surface area contributed by atoms with E-state index in [9.17, 15) is 4.39 Å². The Morgan fingerprint density at radius 3 is 2.71 bits per heavy atom. The lowest BCUT2D eigenvalue weighted by Gasteiger charge is -2.13. The highest BCUT2D eigenvalue weighted by Gasteiger charge is 2.21. The van der Waals surface area contributed by atoms with E-state index >= 15 is 0 Å². The van der Waals surface area contributed by atoms with E-state index in [1.165, 1.54) is 18.9 Å². The lowest BCUT2D eigenvalue weighted by Crippen LogP contribution is -2.17. The molecule has 0 spiro atoms. The molecule has 1 fully saturated rings. The van der Waals surface area contributed by atoms with Gasteiger partial charge < -0.3 is 11.1 Å². The maximum Gasteiger partial charge on any atom is 0.225 e. The first-order chi connectivity index (χ1) is 11.6. The summed E-state index contributed by atoms with van der Waals surface area (Å²) in [4.78, 5) is 9.05. The van der Waals surface area contributed by atoms with Crippen molar-refractivity contribution in [3.05, 3.63) is 30.1 Å². The van der Waals surface area contributed by atoms with Gasteiger partial charge in [0, 0.05) is 18.7 Å². The van der Waals surface area contributed by atoms with Crippen LogP contribution in [-0.4, -0.2) is 25.8 Å². The van der Waals surface area contributed by atoms with Crippen LogP contribution in [0.25, 0.3) is 22.3 Å². The lowest BCUT2D eigenvalue weighted by molar-refractivity contribution is 0.631. The van der Waals surface area contributed by atoms with Crippen LogP contribution in [0.3, 0.4) is 0 Å².